The van der Waals surface area contributed by atoms with Crippen LogP contribution in [0, 0.1) is 5.41 Å². The number of carbonyl (C=O) groups excluding carboxylic acids is 1. The van der Waals surface area contributed by atoms with Crippen molar-refractivity contribution < 1.29 is 13.2 Å². The van der Waals surface area contributed by atoms with E-state index in [4.69, 9.17) is 0 Å². The van der Waals surface area contributed by atoms with E-state index in [1.54, 1.807) is 22.8 Å². The maximum Gasteiger partial charge on any atom is 0.229 e. The summed E-state index contributed by atoms with van der Waals surface area (Å²) >= 11 is 0. The number of aromatic nitrogens is 2. The molecule has 28 heavy (non-hydrogen) atoms. The molecule has 0 atom stereocenters. The van der Waals surface area contributed by atoms with Crippen molar-refractivity contribution in [3.63, 3.8) is 0 Å². The number of anilines is 1. The second-order valence-corrected chi connectivity index (χ2v) is 10.4. The fraction of sp³-hybridized carbons (Fsp3) is 0.737. The number of nitrogens with zero attached hydrogens (tertiary/aromatic N) is 5. The third-order valence-electron chi connectivity index (χ3n) is 6.93. The average molecular weight is 408 g/mol. The molecule has 0 unspecified atom stereocenters. The Labute approximate surface area is 167 Å². The van der Waals surface area contributed by atoms with Crippen LogP contribution in [-0.4, -0.2) is 78.0 Å². The molecule has 0 aromatic carbocycles. The van der Waals surface area contributed by atoms with E-state index in [1.807, 2.05) is 6.92 Å². The second kappa shape index (κ2) is 6.95. The van der Waals surface area contributed by atoms with Gasteiger partial charge in [0.25, 0.3) is 0 Å². The number of carbonyl (C=O) groups is 1. The van der Waals surface area contributed by atoms with Crippen LogP contribution in [0.15, 0.2) is 18.5 Å². The highest BCUT2D eigenvalue weighted by molar-refractivity contribution is 7.88. The van der Waals surface area contributed by atoms with Crippen molar-refractivity contribution in [3.05, 3.63) is 18.5 Å². The van der Waals surface area contributed by atoms with Gasteiger partial charge in [-0.1, -0.05) is 0 Å². The molecular formula is C19H29N5O3S. The van der Waals surface area contributed by atoms with Gasteiger partial charge in [0.1, 0.15) is 0 Å². The van der Waals surface area contributed by atoms with Crippen LogP contribution in [0.4, 0.5) is 5.95 Å². The lowest BCUT2D eigenvalue weighted by atomic mass is 9.71. The Bertz CT molecular complexity index is 828. The molecule has 154 valence electrons. The molecule has 8 nitrogen and oxygen atoms in total. The molecule has 3 saturated heterocycles. The summed E-state index contributed by atoms with van der Waals surface area (Å²) in [4.78, 5) is 26.3. The normalized spacial score (nSPS) is 25.0. The van der Waals surface area contributed by atoms with Gasteiger partial charge in [0, 0.05) is 50.7 Å². The molecule has 0 aliphatic carbocycles. The molecule has 3 fully saturated rings. The van der Waals surface area contributed by atoms with E-state index in [0.29, 0.717) is 19.6 Å². The number of likely N-dealkylation sites (tertiary alicyclic amines) is 1. The molecule has 1 aromatic rings. The average Bonchev–Trinajstić information content (AvgIpc) is 2.90. The first-order valence-electron chi connectivity index (χ1n) is 10.1. The largest absolute Gasteiger partial charge is 0.341 e. The van der Waals surface area contributed by atoms with E-state index in [9.17, 15) is 13.2 Å². The smallest absolute Gasteiger partial charge is 0.229 e. The minimum Gasteiger partial charge on any atom is -0.341 e. The van der Waals surface area contributed by atoms with Crippen molar-refractivity contribution in [1.29, 1.82) is 0 Å². The van der Waals surface area contributed by atoms with Gasteiger partial charge in [-0.05, 0) is 45.1 Å². The zero-order valence-electron chi connectivity index (χ0n) is 16.7. The lowest BCUT2D eigenvalue weighted by Gasteiger charge is -2.44. The van der Waals surface area contributed by atoms with Gasteiger partial charge in [-0.15, -0.1) is 0 Å². The van der Waals surface area contributed by atoms with Crippen molar-refractivity contribution in [1.82, 2.24) is 19.2 Å². The van der Waals surface area contributed by atoms with Crippen molar-refractivity contribution in [2.24, 2.45) is 5.41 Å². The van der Waals surface area contributed by atoms with Crippen LogP contribution in [0.3, 0.4) is 0 Å². The highest BCUT2D eigenvalue weighted by Crippen LogP contribution is 2.52. The topological polar surface area (TPSA) is 86.7 Å². The lowest BCUT2D eigenvalue weighted by molar-refractivity contribution is -0.139. The Morgan fingerprint density at radius 2 is 1.64 bits per heavy atom. The molecule has 0 bridgehead atoms. The molecule has 0 N–H and O–H groups in total. The van der Waals surface area contributed by atoms with E-state index in [2.05, 4.69) is 19.8 Å². The Kier molecular flexibility index (Phi) is 4.86. The number of sulfonamides is 1. The molecule has 3 aliphatic heterocycles. The van der Waals surface area contributed by atoms with Crippen LogP contribution in [0.5, 0.6) is 0 Å². The SMILES string of the molecule is CCN1C(=O)C2(CCN(c3ncccn3)CC2)CC12CCN(S(C)(=O)=O)CC2. The summed E-state index contributed by atoms with van der Waals surface area (Å²) in [6.45, 7) is 5.28. The zero-order valence-corrected chi connectivity index (χ0v) is 17.5. The first-order chi connectivity index (χ1) is 13.3. The fourth-order valence-electron chi connectivity index (χ4n) is 5.44. The first-order valence-corrected chi connectivity index (χ1v) is 11.9. The van der Waals surface area contributed by atoms with Crippen molar-refractivity contribution in [2.45, 2.75) is 44.6 Å². The molecule has 4 rings (SSSR count). The van der Waals surface area contributed by atoms with E-state index in [0.717, 1.165) is 51.1 Å². The van der Waals surface area contributed by atoms with E-state index < -0.39 is 10.0 Å². The van der Waals surface area contributed by atoms with Crippen LogP contribution in [0.1, 0.15) is 39.0 Å². The standard InChI is InChI=1S/C19H29N5O3S/c1-3-24-16(25)18(5-11-22(12-6-18)17-20-9-4-10-21-17)15-19(24)7-13-23(14-8-19)28(2,26)27/h4,9-10H,3,5-8,11-15H2,1-2H3. The third kappa shape index (κ3) is 3.18. The third-order valence-corrected chi connectivity index (χ3v) is 8.24. The zero-order chi connectivity index (χ0) is 20.0. The van der Waals surface area contributed by atoms with Crippen LogP contribution in [0.25, 0.3) is 0 Å². The molecule has 0 radical (unpaired) electrons. The van der Waals surface area contributed by atoms with Gasteiger partial charge in [0.05, 0.1) is 11.7 Å². The summed E-state index contributed by atoms with van der Waals surface area (Å²) in [5.41, 5.74) is -0.521. The van der Waals surface area contributed by atoms with Gasteiger partial charge in [-0.3, -0.25) is 4.79 Å². The van der Waals surface area contributed by atoms with Gasteiger partial charge in [-0.2, -0.15) is 0 Å². The first kappa shape index (κ1) is 19.6. The molecule has 1 amide bonds. The van der Waals surface area contributed by atoms with Gasteiger partial charge in [0.2, 0.25) is 21.9 Å². The number of rotatable bonds is 3. The maximum atomic E-state index is 13.5. The summed E-state index contributed by atoms with van der Waals surface area (Å²) < 4.78 is 25.4. The highest BCUT2D eigenvalue weighted by atomic mass is 32.2. The fourth-order valence-corrected chi connectivity index (χ4v) is 6.29. The van der Waals surface area contributed by atoms with Crippen LogP contribution in [0.2, 0.25) is 0 Å². The summed E-state index contributed by atoms with van der Waals surface area (Å²) in [7, 11) is -3.17. The summed E-state index contributed by atoms with van der Waals surface area (Å²) in [6, 6.07) is 1.81. The number of piperidine rings is 2. The quantitative estimate of drug-likeness (QED) is 0.746. The molecule has 4 heterocycles. The second-order valence-electron chi connectivity index (χ2n) is 8.43. The molecular weight excluding hydrogens is 378 g/mol. The van der Waals surface area contributed by atoms with Crippen molar-refractivity contribution in [3.8, 4) is 0 Å². The Balaban J connectivity index is 1.51. The van der Waals surface area contributed by atoms with Crippen LogP contribution < -0.4 is 4.90 Å². The highest BCUT2D eigenvalue weighted by Gasteiger charge is 2.59. The molecule has 9 heteroatoms. The Hall–Kier alpha value is -1.74. The van der Waals surface area contributed by atoms with Gasteiger partial charge in [0.15, 0.2) is 0 Å². The number of amides is 1. The Morgan fingerprint density at radius 3 is 2.18 bits per heavy atom. The predicted molar refractivity (Wildman–Crippen MR) is 106 cm³/mol. The summed E-state index contributed by atoms with van der Waals surface area (Å²) in [5.74, 6) is 0.989. The van der Waals surface area contributed by atoms with E-state index >= 15 is 0 Å². The van der Waals surface area contributed by atoms with Gasteiger partial charge < -0.3 is 9.80 Å². The summed E-state index contributed by atoms with van der Waals surface area (Å²) in [6.07, 6.45) is 8.67. The monoisotopic (exact) mass is 407 g/mol. The molecule has 2 spiro atoms. The maximum absolute atomic E-state index is 13.5. The molecule has 0 saturated carbocycles. The minimum atomic E-state index is -3.17. The van der Waals surface area contributed by atoms with Crippen molar-refractivity contribution >= 4 is 21.9 Å². The Morgan fingerprint density at radius 1 is 1.04 bits per heavy atom. The van der Waals surface area contributed by atoms with Gasteiger partial charge >= 0.3 is 0 Å². The number of hydrogen-bond donors (Lipinski definition) is 0. The lowest BCUT2D eigenvalue weighted by Crippen LogP contribution is -2.53. The molecule has 3 aliphatic rings. The van der Waals surface area contributed by atoms with Crippen LogP contribution in [-0.2, 0) is 14.8 Å². The van der Waals surface area contributed by atoms with E-state index in [1.165, 1.54) is 6.26 Å². The minimum absolute atomic E-state index is 0.196. The van der Waals surface area contributed by atoms with Gasteiger partial charge in [-0.25, -0.2) is 22.7 Å². The molecule has 1 aromatic heterocycles. The van der Waals surface area contributed by atoms with Crippen LogP contribution >= 0.6 is 0 Å². The van der Waals surface area contributed by atoms with E-state index in [-0.39, 0.29) is 16.9 Å². The van der Waals surface area contributed by atoms with Crippen molar-refractivity contribution in [2.75, 3.05) is 43.9 Å². The summed E-state index contributed by atoms with van der Waals surface area (Å²) in [5, 5.41) is 0. The predicted octanol–water partition coefficient (Wildman–Crippen LogP) is 1.11. The number of hydrogen-bond acceptors (Lipinski definition) is 6.